The molecule has 326 valence electrons. The average Bonchev–Trinajstić information content (AvgIpc) is 3.76. The topological polar surface area (TPSA) is 33.6 Å². The molecule has 2 heterocycles. The number of halogens is 6. The van der Waals surface area contributed by atoms with E-state index in [2.05, 4.69) is 70.2 Å². The monoisotopic (exact) mass is 881 g/mol. The molecule has 0 saturated heterocycles. The van der Waals surface area contributed by atoms with Crippen LogP contribution in [0, 0.1) is 52.9 Å². The zero-order valence-electron chi connectivity index (χ0n) is 36.9. The highest BCUT2D eigenvalue weighted by molar-refractivity contribution is 6.13. The second-order valence-corrected chi connectivity index (χ2v) is 17.5. The molecule has 10 aromatic rings. The summed E-state index contributed by atoms with van der Waals surface area (Å²) in [6, 6.07) is 42.7. The lowest BCUT2D eigenvalue weighted by atomic mass is 9.92. The van der Waals surface area contributed by atoms with Crippen molar-refractivity contribution in [3.63, 3.8) is 0 Å². The fourth-order valence-electron chi connectivity index (χ4n) is 10.5. The van der Waals surface area contributed by atoms with E-state index in [-0.39, 0.29) is 28.6 Å². The van der Waals surface area contributed by atoms with Crippen LogP contribution in [0.4, 0.5) is 26.3 Å². The largest absolute Gasteiger partial charge is 0.417 e. The Balaban J connectivity index is 1.36. The maximum absolute atomic E-state index is 15.6. The van der Waals surface area contributed by atoms with Crippen molar-refractivity contribution < 1.29 is 26.3 Å². The molecule has 0 aliphatic heterocycles. The van der Waals surface area contributed by atoms with Crippen LogP contribution in [0.3, 0.4) is 0 Å². The van der Waals surface area contributed by atoms with Crippen molar-refractivity contribution in [2.24, 2.45) is 0 Å². The first-order chi connectivity index (χ1) is 31.4. The molecular formula is C57H41F6N3. The van der Waals surface area contributed by atoms with E-state index < -0.39 is 29.0 Å². The van der Waals surface area contributed by atoms with Crippen molar-refractivity contribution in [1.29, 1.82) is 5.26 Å². The minimum atomic E-state index is -5.21. The number of hydrogen-bond donors (Lipinski definition) is 0. The molecule has 0 aliphatic rings. The Hall–Kier alpha value is -7.57. The molecule has 0 fully saturated rings. The van der Waals surface area contributed by atoms with E-state index >= 15 is 13.2 Å². The van der Waals surface area contributed by atoms with Gasteiger partial charge in [0.15, 0.2) is 0 Å². The summed E-state index contributed by atoms with van der Waals surface area (Å²) >= 11 is 0. The molecule has 0 amide bonds. The van der Waals surface area contributed by atoms with Crippen LogP contribution in [0.15, 0.2) is 140 Å². The predicted molar refractivity (Wildman–Crippen MR) is 255 cm³/mol. The number of nitrogens with zero attached hydrogens (tertiary/aromatic N) is 3. The molecule has 0 spiro atoms. The van der Waals surface area contributed by atoms with Gasteiger partial charge in [0.1, 0.15) is 0 Å². The fraction of sp³-hybridized carbons (Fsp3) is 0.140. The number of fused-ring (bicyclic) bond motifs is 6. The summed E-state index contributed by atoms with van der Waals surface area (Å²) in [6.45, 7) is 12.3. The van der Waals surface area contributed by atoms with Gasteiger partial charge in [-0.25, -0.2) is 0 Å². The van der Waals surface area contributed by atoms with Crippen LogP contribution in [-0.4, -0.2) is 9.13 Å². The Labute approximate surface area is 377 Å². The molecule has 3 nitrogen and oxygen atoms in total. The number of benzene rings is 8. The Morgan fingerprint density at radius 1 is 0.424 bits per heavy atom. The summed E-state index contributed by atoms with van der Waals surface area (Å²) in [5.74, 6) is 0. The molecule has 0 N–H and O–H groups in total. The van der Waals surface area contributed by atoms with E-state index in [1.165, 1.54) is 0 Å². The highest BCUT2D eigenvalue weighted by Gasteiger charge is 2.40. The Bertz CT molecular complexity index is 3460. The van der Waals surface area contributed by atoms with Crippen LogP contribution in [0.5, 0.6) is 0 Å². The second-order valence-electron chi connectivity index (χ2n) is 17.5. The lowest BCUT2D eigenvalue weighted by Crippen LogP contribution is -2.14. The highest BCUT2D eigenvalue weighted by atomic mass is 19.4. The number of aryl methyl sites for hydroxylation is 6. The van der Waals surface area contributed by atoms with Crippen molar-refractivity contribution in [3.05, 3.63) is 190 Å². The van der Waals surface area contributed by atoms with Crippen LogP contribution in [-0.2, 0) is 12.4 Å². The maximum atomic E-state index is 15.6. The van der Waals surface area contributed by atoms with E-state index in [0.717, 1.165) is 83.2 Å². The van der Waals surface area contributed by atoms with Gasteiger partial charge in [0, 0.05) is 27.1 Å². The van der Waals surface area contributed by atoms with Gasteiger partial charge in [-0.15, -0.1) is 0 Å². The SMILES string of the molecule is Cc1cc(C)c(-c2ccc3c(c2)c2ccccc2n3-c2cc(C#N)cc(-n3c4ccccc4c4cc(-c5c(C)cc(C)cc5C)ccc43)c2-c2ccc(C(F)(F)F)cc2C(F)(F)F)c(C)c1. The minimum Gasteiger partial charge on any atom is -0.308 e. The minimum absolute atomic E-state index is 0.00366. The average molecular weight is 882 g/mol. The van der Waals surface area contributed by atoms with Gasteiger partial charge in [0.05, 0.1) is 56.2 Å². The smallest absolute Gasteiger partial charge is 0.308 e. The molecular weight excluding hydrogens is 841 g/mol. The first kappa shape index (κ1) is 42.4. The predicted octanol–water partition coefficient (Wildman–Crippen LogP) is 16.6. The van der Waals surface area contributed by atoms with Crippen LogP contribution in [0.1, 0.15) is 50.1 Å². The molecule has 0 radical (unpaired) electrons. The van der Waals surface area contributed by atoms with Crippen LogP contribution < -0.4 is 0 Å². The molecule has 8 aromatic carbocycles. The molecule has 2 aromatic heterocycles. The van der Waals surface area contributed by atoms with Gasteiger partial charge in [-0.2, -0.15) is 31.6 Å². The van der Waals surface area contributed by atoms with Crippen molar-refractivity contribution in [3.8, 4) is 50.8 Å². The number of para-hydroxylation sites is 2. The summed E-state index contributed by atoms with van der Waals surface area (Å²) in [4.78, 5) is 0. The molecule has 9 heteroatoms. The van der Waals surface area contributed by atoms with E-state index in [9.17, 15) is 18.4 Å². The first-order valence-corrected chi connectivity index (χ1v) is 21.5. The quantitative estimate of drug-likeness (QED) is 0.159. The van der Waals surface area contributed by atoms with Gasteiger partial charge in [-0.1, -0.05) is 90.0 Å². The normalized spacial score (nSPS) is 12.2. The Morgan fingerprint density at radius 2 is 0.848 bits per heavy atom. The molecule has 0 atom stereocenters. The zero-order chi connectivity index (χ0) is 46.6. The highest BCUT2D eigenvalue weighted by Crippen LogP contribution is 2.48. The standard InChI is InChI=1S/C57H41F6N3/c1-31-21-33(3)53(34(4)22-31)38-15-19-49-44(27-38)41-11-7-9-13-47(41)65(49)51-25-37(30-64)26-52(55(51)43-18-17-40(56(58,59)60)29-46(43)57(61,62)63)66-48-14-10-8-12-42(48)45-28-39(16-20-50(45)66)54-35(5)23-32(2)24-36(54)6/h7-29H,1-6H3. The summed E-state index contributed by atoms with van der Waals surface area (Å²) in [6.07, 6.45) is -10.3. The molecule has 0 bridgehead atoms. The summed E-state index contributed by atoms with van der Waals surface area (Å²) in [5, 5.41) is 14.0. The molecule has 0 saturated carbocycles. The van der Waals surface area contributed by atoms with Crippen LogP contribution >= 0.6 is 0 Å². The van der Waals surface area contributed by atoms with Crippen molar-refractivity contribution >= 4 is 43.6 Å². The van der Waals surface area contributed by atoms with Crippen molar-refractivity contribution in [1.82, 2.24) is 9.13 Å². The van der Waals surface area contributed by atoms with Gasteiger partial charge in [0.25, 0.3) is 0 Å². The second kappa shape index (κ2) is 15.3. The Morgan fingerprint density at radius 3 is 1.26 bits per heavy atom. The molecule has 10 rings (SSSR count). The van der Waals surface area contributed by atoms with Crippen molar-refractivity contribution in [2.45, 2.75) is 53.9 Å². The first-order valence-electron chi connectivity index (χ1n) is 21.5. The number of nitriles is 1. The molecule has 0 aliphatic carbocycles. The van der Waals surface area contributed by atoms with Gasteiger partial charge >= 0.3 is 12.4 Å². The van der Waals surface area contributed by atoms with E-state index in [1.54, 1.807) is 12.1 Å². The summed E-state index contributed by atoms with van der Waals surface area (Å²) in [7, 11) is 0. The maximum Gasteiger partial charge on any atom is 0.417 e. The number of aromatic nitrogens is 2. The van der Waals surface area contributed by atoms with Crippen LogP contribution in [0.25, 0.3) is 88.4 Å². The van der Waals surface area contributed by atoms with Crippen LogP contribution in [0.2, 0.25) is 0 Å². The molecule has 0 unspecified atom stereocenters. The van der Waals surface area contributed by atoms with E-state index in [1.807, 2.05) is 95.8 Å². The van der Waals surface area contributed by atoms with E-state index in [0.29, 0.717) is 28.1 Å². The third-order valence-corrected chi connectivity index (χ3v) is 12.9. The number of hydrogen-bond acceptors (Lipinski definition) is 1. The lowest BCUT2D eigenvalue weighted by molar-refractivity contribution is -0.142. The number of rotatable bonds is 5. The summed E-state index contributed by atoms with van der Waals surface area (Å²) < 4.78 is 93.4. The van der Waals surface area contributed by atoms with Gasteiger partial charge in [-0.05, 0) is 152 Å². The number of alkyl halides is 6. The Kier molecular flexibility index (Phi) is 9.81. The third-order valence-electron chi connectivity index (χ3n) is 12.9. The fourth-order valence-corrected chi connectivity index (χ4v) is 10.5. The third kappa shape index (κ3) is 6.82. The zero-order valence-corrected chi connectivity index (χ0v) is 36.9. The van der Waals surface area contributed by atoms with Gasteiger partial charge in [0.2, 0.25) is 0 Å². The van der Waals surface area contributed by atoms with Crippen molar-refractivity contribution in [2.75, 3.05) is 0 Å². The van der Waals surface area contributed by atoms with E-state index in [4.69, 9.17) is 0 Å². The van der Waals surface area contributed by atoms with Gasteiger partial charge < -0.3 is 9.13 Å². The van der Waals surface area contributed by atoms with Gasteiger partial charge in [-0.3, -0.25) is 0 Å². The summed E-state index contributed by atoms with van der Waals surface area (Å²) in [5.41, 5.74) is 10.4. The lowest BCUT2D eigenvalue weighted by Gasteiger charge is -2.24. The molecule has 66 heavy (non-hydrogen) atoms.